The maximum Gasteiger partial charge on any atom is 0.294 e. The summed E-state index contributed by atoms with van der Waals surface area (Å²) in [5.41, 5.74) is 2.87. The average Bonchev–Trinajstić information content (AvgIpc) is 2.84. The molecule has 1 aromatic carbocycles. The van der Waals surface area contributed by atoms with Crippen LogP contribution in [0.15, 0.2) is 28.9 Å². The molecule has 5 heteroatoms. The van der Waals surface area contributed by atoms with E-state index in [4.69, 9.17) is 9.63 Å². The van der Waals surface area contributed by atoms with Crippen molar-refractivity contribution in [2.45, 2.75) is 13.8 Å². The van der Waals surface area contributed by atoms with Gasteiger partial charge in [-0.05, 0) is 31.5 Å². The van der Waals surface area contributed by atoms with Gasteiger partial charge in [0.2, 0.25) is 5.76 Å². The normalized spacial score (nSPS) is 9.75. The smallest absolute Gasteiger partial charge is 0.294 e. The van der Waals surface area contributed by atoms with Gasteiger partial charge in [0.1, 0.15) is 6.61 Å². The molecule has 102 valence electrons. The fourth-order valence-corrected chi connectivity index (χ4v) is 1.69. The first-order valence-electron chi connectivity index (χ1n) is 6.05. The lowest BCUT2D eigenvalue weighted by molar-refractivity contribution is 0.0987. The van der Waals surface area contributed by atoms with Crippen LogP contribution in [0.4, 0.5) is 5.69 Å². The van der Waals surface area contributed by atoms with Gasteiger partial charge in [0.05, 0.1) is 11.9 Å². The predicted molar refractivity (Wildman–Crippen MR) is 74.3 cm³/mol. The predicted octanol–water partition coefficient (Wildman–Crippen LogP) is 1.89. The molecule has 20 heavy (non-hydrogen) atoms. The number of anilines is 1. The number of rotatable bonds is 2. The summed E-state index contributed by atoms with van der Waals surface area (Å²) in [6.07, 6.45) is 1.48. The highest BCUT2D eigenvalue weighted by Crippen LogP contribution is 2.18. The number of carbonyl (C=O) groups excluding carboxylic acids is 1. The number of aliphatic hydroxyl groups is 1. The summed E-state index contributed by atoms with van der Waals surface area (Å²) in [6.45, 7) is 3.43. The minimum atomic E-state index is -0.377. The average molecular weight is 270 g/mol. The Kier molecular flexibility index (Phi) is 4.18. The Labute approximate surface area is 116 Å². The van der Waals surface area contributed by atoms with Gasteiger partial charge in [0.15, 0.2) is 0 Å². The molecule has 2 aromatic rings. The van der Waals surface area contributed by atoms with Crippen LogP contribution in [0.1, 0.15) is 27.2 Å². The van der Waals surface area contributed by atoms with E-state index in [-0.39, 0.29) is 18.3 Å². The van der Waals surface area contributed by atoms with Crippen LogP contribution in [0.25, 0.3) is 0 Å². The number of nitrogens with one attached hydrogen (secondary N) is 1. The van der Waals surface area contributed by atoms with Crippen LogP contribution in [-0.4, -0.2) is 22.8 Å². The molecule has 0 aliphatic heterocycles. The highest BCUT2D eigenvalue weighted by atomic mass is 16.5. The molecule has 0 aliphatic carbocycles. The SMILES string of the molecule is Cc1ccc(C#CCO)c(NC(=O)c2oncc2C)c1. The third-order valence-corrected chi connectivity index (χ3v) is 2.68. The molecular weight excluding hydrogens is 256 g/mol. The van der Waals surface area contributed by atoms with E-state index >= 15 is 0 Å². The zero-order chi connectivity index (χ0) is 14.5. The lowest BCUT2D eigenvalue weighted by Crippen LogP contribution is -2.13. The number of hydrogen-bond acceptors (Lipinski definition) is 4. The van der Waals surface area contributed by atoms with Gasteiger partial charge < -0.3 is 14.9 Å². The fourth-order valence-electron chi connectivity index (χ4n) is 1.69. The molecule has 0 fully saturated rings. The second-order valence-electron chi connectivity index (χ2n) is 4.30. The summed E-state index contributed by atoms with van der Waals surface area (Å²) in [7, 11) is 0. The molecule has 1 aromatic heterocycles. The summed E-state index contributed by atoms with van der Waals surface area (Å²) in [4.78, 5) is 12.1. The molecule has 0 saturated heterocycles. The van der Waals surface area contributed by atoms with Crippen molar-refractivity contribution in [2.24, 2.45) is 0 Å². The largest absolute Gasteiger partial charge is 0.384 e. The van der Waals surface area contributed by atoms with Gasteiger partial charge >= 0.3 is 0 Å². The van der Waals surface area contributed by atoms with Crippen LogP contribution in [0, 0.1) is 25.7 Å². The molecule has 2 rings (SSSR count). The summed E-state index contributed by atoms with van der Waals surface area (Å²) < 4.78 is 4.91. The van der Waals surface area contributed by atoms with Crippen LogP contribution in [-0.2, 0) is 0 Å². The standard InChI is InChI=1S/C15H14N2O3/c1-10-5-6-12(4-3-7-18)13(8-10)17-15(19)14-11(2)9-16-20-14/h5-6,8-9,18H,7H2,1-2H3,(H,17,19). The number of nitrogens with zero attached hydrogens (tertiary/aromatic N) is 1. The van der Waals surface area contributed by atoms with Crippen molar-refractivity contribution >= 4 is 11.6 Å². The third kappa shape index (κ3) is 3.05. The number of amides is 1. The number of hydrogen-bond donors (Lipinski definition) is 2. The molecule has 0 aliphatic rings. The number of benzene rings is 1. The molecule has 5 nitrogen and oxygen atoms in total. The van der Waals surface area contributed by atoms with Crippen molar-refractivity contribution in [1.82, 2.24) is 5.16 Å². The summed E-state index contributed by atoms with van der Waals surface area (Å²) in [5, 5.41) is 15.1. The van der Waals surface area contributed by atoms with Crippen LogP contribution >= 0.6 is 0 Å². The first kappa shape index (κ1) is 13.8. The molecule has 0 radical (unpaired) electrons. The van der Waals surface area contributed by atoms with Gasteiger partial charge in [-0.1, -0.05) is 23.1 Å². The van der Waals surface area contributed by atoms with Crippen molar-refractivity contribution in [1.29, 1.82) is 0 Å². The van der Waals surface area contributed by atoms with E-state index in [1.807, 2.05) is 19.1 Å². The number of aromatic nitrogens is 1. The van der Waals surface area contributed by atoms with E-state index in [0.29, 0.717) is 16.8 Å². The molecule has 2 N–H and O–H groups in total. The summed E-state index contributed by atoms with van der Waals surface area (Å²) >= 11 is 0. The maximum absolute atomic E-state index is 12.1. The Morgan fingerprint density at radius 1 is 1.45 bits per heavy atom. The minimum absolute atomic E-state index is 0.174. The molecule has 0 atom stereocenters. The number of aryl methyl sites for hydroxylation is 2. The van der Waals surface area contributed by atoms with Gasteiger partial charge in [0.25, 0.3) is 5.91 Å². The van der Waals surface area contributed by atoms with E-state index in [1.165, 1.54) is 6.20 Å². The van der Waals surface area contributed by atoms with Gasteiger partial charge in [-0.25, -0.2) is 0 Å². The van der Waals surface area contributed by atoms with Gasteiger partial charge in [-0.2, -0.15) is 0 Å². The highest BCUT2D eigenvalue weighted by molar-refractivity contribution is 6.03. The molecule has 0 spiro atoms. The number of aliphatic hydroxyl groups excluding tert-OH is 1. The van der Waals surface area contributed by atoms with Gasteiger partial charge in [-0.15, -0.1) is 0 Å². The van der Waals surface area contributed by atoms with Crippen LogP contribution in [0.5, 0.6) is 0 Å². The van der Waals surface area contributed by atoms with E-state index in [2.05, 4.69) is 22.3 Å². The first-order valence-corrected chi connectivity index (χ1v) is 6.05. The van der Waals surface area contributed by atoms with E-state index in [1.54, 1.807) is 13.0 Å². The zero-order valence-corrected chi connectivity index (χ0v) is 11.2. The summed E-state index contributed by atoms with van der Waals surface area (Å²) in [5.74, 6) is 5.15. The lowest BCUT2D eigenvalue weighted by Gasteiger charge is -2.07. The Bertz CT molecular complexity index is 693. The summed E-state index contributed by atoms with van der Waals surface area (Å²) in [6, 6.07) is 5.49. The molecule has 0 bridgehead atoms. The zero-order valence-electron chi connectivity index (χ0n) is 11.2. The van der Waals surface area contributed by atoms with Crippen LogP contribution in [0.3, 0.4) is 0 Å². The Hall–Kier alpha value is -2.58. The minimum Gasteiger partial charge on any atom is -0.384 e. The van der Waals surface area contributed by atoms with E-state index < -0.39 is 0 Å². The Balaban J connectivity index is 2.31. The van der Waals surface area contributed by atoms with Crippen molar-refractivity contribution in [3.05, 3.63) is 46.8 Å². The monoisotopic (exact) mass is 270 g/mol. The first-order chi connectivity index (χ1) is 9.61. The number of carbonyl (C=O) groups is 1. The molecular formula is C15H14N2O3. The Morgan fingerprint density at radius 2 is 2.25 bits per heavy atom. The third-order valence-electron chi connectivity index (χ3n) is 2.68. The lowest BCUT2D eigenvalue weighted by atomic mass is 10.1. The molecule has 0 saturated carbocycles. The molecule has 1 heterocycles. The van der Waals surface area contributed by atoms with Gasteiger partial charge in [-0.3, -0.25) is 4.79 Å². The topological polar surface area (TPSA) is 75.4 Å². The molecule has 1 amide bonds. The van der Waals surface area contributed by atoms with Crippen LogP contribution in [0.2, 0.25) is 0 Å². The second-order valence-corrected chi connectivity index (χ2v) is 4.30. The van der Waals surface area contributed by atoms with Crippen molar-refractivity contribution in [2.75, 3.05) is 11.9 Å². The maximum atomic E-state index is 12.1. The van der Waals surface area contributed by atoms with Crippen LogP contribution < -0.4 is 5.32 Å². The van der Waals surface area contributed by atoms with Crippen molar-refractivity contribution in [3.63, 3.8) is 0 Å². The second kappa shape index (κ2) is 6.04. The van der Waals surface area contributed by atoms with Gasteiger partial charge in [0, 0.05) is 11.1 Å². The van der Waals surface area contributed by atoms with Crippen molar-refractivity contribution in [3.8, 4) is 11.8 Å². The van der Waals surface area contributed by atoms with E-state index in [9.17, 15) is 4.79 Å². The fraction of sp³-hybridized carbons (Fsp3) is 0.200. The quantitative estimate of drug-likeness (QED) is 0.817. The molecule has 0 unspecified atom stereocenters. The van der Waals surface area contributed by atoms with E-state index in [0.717, 1.165) is 5.56 Å². The van der Waals surface area contributed by atoms with Crippen molar-refractivity contribution < 1.29 is 14.4 Å². The highest BCUT2D eigenvalue weighted by Gasteiger charge is 2.15. The Morgan fingerprint density at radius 3 is 2.90 bits per heavy atom.